The maximum Gasteiger partial charge on any atom is 0.573 e. The average Bonchev–Trinajstić information content (AvgIpc) is 2.18. The predicted octanol–water partition coefficient (Wildman–Crippen LogP) is 4.10. The molecule has 1 aromatic heterocycles. The van der Waals surface area contributed by atoms with Crippen molar-refractivity contribution in [1.29, 1.82) is 0 Å². The second-order valence-electron chi connectivity index (χ2n) is 3.50. The Morgan fingerprint density at radius 3 is 2.59 bits per heavy atom. The molecule has 0 saturated carbocycles. The average molecular weight is 262 g/mol. The van der Waals surface area contributed by atoms with E-state index in [4.69, 9.17) is 11.6 Å². The minimum absolute atomic E-state index is 0.270. The first-order valence-corrected chi connectivity index (χ1v) is 5.05. The molecule has 0 bridgehead atoms. The number of aromatic nitrogens is 1. The molecular weight excluding hydrogens is 255 g/mol. The van der Waals surface area contributed by atoms with Gasteiger partial charge in [0.1, 0.15) is 10.9 Å². The number of fused-ring (bicyclic) bond motifs is 1. The summed E-state index contributed by atoms with van der Waals surface area (Å²) in [6, 6.07) is 5.57. The van der Waals surface area contributed by atoms with E-state index in [1.54, 1.807) is 13.0 Å². The van der Waals surface area contributed by atoms with Crippen molar-refractivity contribution in [2.24, 2.45) is 0 Å². The number of hydrogen-bond acceptors (Lipinski definition) is 2. The summed E-state index contributed by atoms with van der Waals surface area (Å²) in [5.41, 5.74) is 1.22. The maximum absolute atomic E-state index is 12.0. The van der Waals surface area contributed by atoms with Crippen molar-refractivity contribution in [3.63, 3.8) is 0 Å². The Labute approximate surface area is 100.0 Å². The lowest BCUT2D eigenvalue weighted by Gasteiger charge is -2.09. The molecule has 1 aromatic carbocycles. The topological polar surface area (TPSA) is 22.1 Å². The lowest BCUT2D eigenvalue weighted by atomic mass is 10.1. The summed E-state index contributed by atoms with van der Waals surface area (Å²) in [6.45, 7) is 1.73. The number of alkyl halides is 3. The van der Waals surface area contributed by atoms with Crippen molar-refractivity contribution < 1.29 is 17.9 Å². The highest BCUT2D eigenvalue weighted by Gasteiger charge is 2.31. The summed E-state index contributed by atoms with van der Waals surface area (Å²) in [7, 11) is 0. The van der Waals surface area contributed by atoms with E-state index in [1.165, 1.54) is 18.2 Å². The summed E-state index contributed by atoms with van der Waals surface area (Å²) in [6.07, 6.45) is -4.69. The molecule has 0 amide bonds. The van der Waals surface area contributed by atoms with Crippen LogP contribution in [0.4, 0.5) is 13.2 Å². The largest absolute Gasteiger partial charge is 0.573 e. The molecule has 1 heterocycles. The third kappa shape index (κ3) is 2.79. The molecular formula is C11H7ClF3NO. The quantitative estimate of drug-likeness (QED) is 0.721. The number of rotatable bonds is 1. The van der Waals surface area contributed by atoms with Crippen molar-refractivity contribution in [1.82, 2.24) is 4.98 Å². The fourth-order valence-corrected chi connectivity index (χ4v) is 1.58. The molecule has 0 atom stereocenters. The molecule has 90 valence electrons. The molecule has 2 aromatic rings. The van der Waals surface area contributed by atoms with Gasteiger partial charge in [-0.2, -0.15) is 0 Å². The van der Waals surface area contributed by atoms with Gasteiger partial charge in [0.05, 0.1) is 5.52 Å². The fourth-order valence-electron chi connectivity index (χ4n) is 1.43. The van der Waals surface area contributed by atoms with Crippen LogP contribution in [0, 0.1) is 6.92 Å². The van der Waals surface area contributed by atoms with Gasteiger partial charge in [0.25, 0.3) is 0 Å². The van der Waals surface area contributed by atoms with Crippen LogP contribution < -0.4 is 4.74 Å². The van der Waals surface area contributed by atoms with Crippen molar-refractivity contribution >= 4 is 22.5 Å². The van der Waals surface area contributed by atoms with Gasteiger partial charge >= 0.3 is 6.36 Å². The van der Waals surface area contributed by atoms with Gasteiger partial charge in [-0.05, 0) is 36.8 Å². The Kier molecular flexibility index (Phi) is 2.87. The summed E-state index contributed by atoms with van der Waals surface area (Å²) in [5.74, 6) is -0.270. The zero-order valence-electron chi connectivity index (χ0n) is 8.68. The molecule has 0 saturated heterocycles. The predicted molar refractivity (Wildman–Crippen MR) is 58.2 cm³/mol. The molecule has 2 nitrogen and oxygen atoms in total. The Morgan fingerprint density at radius 2 is 1.94 bits per heavy atom. The van der Waals surface area contributed by atoms with Gasteiger partial charge in [0, 0.05) is 5.39 Å². The SMILES string of the molecule is Cc1cc2cc(OC(F)(F)F)ccc2nc1Cl. The van der Waals surface area contributed by atoms with Crippen LogP contribution in [0.5, 0.6) is 5.75 Å². The van der Waals surface area contributed by atoms with E-state index < -0.39 is 6.36 Å². The molecule has 6 heteroatoms. The Morgan fingerprint density at radius 1 is 1.24 bits per heavy atom. The molecule has 0 radical (unpaired) electrons. The number of halogens is 4. The molecule has 2 rings (SSSR count). The number of aryl methyl sites for hydroxylation is 1. The van der Waals surface area contributed by atoms with E-state index in [9.17, 15) is 13.2 Å². The molecule has 0 aliphatic heterocycles. The van der Waals surface area contributed by atoms with Crippen molar-refractivity contribution in [3.05, 3.63) is 35.0 Å². The first-order chi connectivity index (χ1) is 7.85. The number of hydrogen-bond donors (Lipinski definition) is 0. The first kappa shape index (κ1) is 12.0. The van der Waals surface area contributed by atoms with E-state index in [-0.39, 0.29) is 5.75 Å². The summed E-state index contributed by atoms with van der Waals surface area (Å²) < 4.78 is 39.9. The van der Waals surface area contributed by atoms with Crippen LogP contribution in [0.1, 0.15) is 5.56 Å². The summed E-state index contributed by atoms with van der Waals surface area (Å²) >= 11 is 5.81. The van der Waals surface area contributed by atoms with Crippen LogP contribution in [0.3, 0.4) is 0 Å². The summed E-state index contributed by atoms with van der Waals surface area (Å²) in [5, 5.41) is 0.885. The van der Waals surface area contributed by atoms with E-state index in [0.717, 1.165) is 0 Å². The van der Waals surface area contributed by atoms with Gasteiger partial charge in [0.2, 0.25) is 0 Å². The van der Waals surface area contributed by atoms with Gasteiger partial charge < -0.3 is 4.74 Å². The molecule has 0 fully saturated rings. The lowest BCUT2D eigenvalue weighted by Crippen LogP contribution is -2.17. The molecule has 0 N–H and O–H groups in total. The number of ether oxygens (including phenoxy) is 1. The second-order valence-corrected chi connectivity index (χ2v) is 3.86. The molecule has 0 aliphatic rings. The third-order valence-electron chi connectivity index (χ3n) is 2.15. The minimum atomic E-state index is -4.69. The third-order valence-corrected chi connectivity index (χ3v) is 2.53. The first-order valence-electron chi connectivity index (χ1n) is 4.68. The molecule has 0 unspecified atom stereocenters. The van der Waals surface area contributed by atoms with Crippen LogP contribution >= 0.6 is 11.6 Å². The highest BCUT2D eigenvalue weighted by Crippen LogP contribution is 2.27. The van der Waals surface area contributed by atoms with E-state index in [0.29, 0.717) is 21.6 Å². The highest BCUT2D eigenvalue weighted by atomic mass is 35.5. The molecule has 0 aliphatic carbocycles. The van der Waals surface area contributed by atoms with Crippen molar-refractivity contribution in [2.45, 2.75) is 13.3 Å². The number of nitrogens with zero attached hydrogens (tertiary/aromatic N) is 1. The van der Waals surface area contributed by atoms with Gasteiger partial charge in [-0.15, -0.1) is 13.2 Å². The summed E-state index contributed by atoms with van der Waals surface area (Å²) in [4.78, 5) is 4.04. The van der Waals surface area contributed by atoms with Crippen LogP contribution in [-0.2, 0) is 0 Å². The van der Waals surface area contributed by atoms with Gasteiger partial charge in [0.15, 0.2) is 0 Å². The van der Waals surface area contributed by atoms with E-state index >= 15 is 0 Å². The van der Waals surface area contributed by atoms with E-state index in [2.05, 4.69) is 9.72 Å². The van der Waals surface area contributed by atoms with Gasteiger partial charge in [-0.25, -0.2) is 4.98 Å². The van der Waals surface area contributed by atoms with Crippen molar-refractivity contribution in [2.75, 3.05) is 0 Å². The van der Waals surface area contributed by atoms with E-state index in [1.807, 2.05) is 0 Å². The second kappa shape index (κ2) is 4.07. The zero-order valence-corrected chi connectivity index (χ0v) is 9.43. The standard InChI is InChI=1S/C11H7ClF3NO/c1-6-4-7-5-8(17-11(13,14)15)2-3-9(7)16-10(6)12/h2-5H,1H3. The number of pyridine rings is 1. The van der Waals surface area contributed by atoms with Crippen LogP contribution in [0.25, 0.3) is 10.9 Å². The smallest absolute Gasteiger partial charge is 0.406 e. The highest BCUT2D eigenvalue weighted by molar-refractivity contribution is 6.30. The van der Waals surface area contributed by atoms with Crippen LogP contribution in [-0.4, -0.2) is 11.3 Å². The van der Waals surface area contributed by atoms with Gasteiger partial charge in [-0.1, -0.05) is 11.6 Å². The Hall–Kier alpha value is -1.49. The normalized spacial score (nSPS) is 11.8. The Balaban J connectivity index is 2.47. The van der Waals surface area contributed by atoms with Gasteiger partial charge in [-0.3, -0.25) is 0 Å². The number of benzene rings is 1. The maximum atomic E-state index is 12.0. The lowest BCUT2D eigenvalue weighted by molar-refractivity contribution is -0.274. The zero-order chi connectivity index (χ0) is 12.6. The van der Waals surface area contributed by atoms with Crippen LogP contribution in [0.15, 0.2) is 24.3 Å². The molecule has 17 heavy (non-hydrogen) atoms. The van der Waals surface area contributed by atoms with Crippen LogP contribution in [0.2, 0.25) is 5.15 Å². The fraction of sp³-hybridized carbons (Fsp3) is 0.182. The van der Waals surface area contributed by atoms with Crippen molar-refractivity contribution in [3.8, 4) is 5.75 Å². The Bertz CT molecular complexity index is 568. The molecule has 0 spiro atoms. The monoisotopic (exact) mass is 261 g/mol. The minimum Gasteiger partial charge on any atom is -0.406 e.